The van der Waals surface area contributed by atoms with Crippen LogP contribution in [0.4, 0.5) is 0 Å². The van der Waals surface area contributed by atoms with Crippen molar-refractivity contribution >= 4 is 35.1 Å². The molecule has 24 heavy (non-hydrogen) atoms. The molecular weight excluding hydrogens is 349 g/mol. The fraction of sp³-hybridized carbons (Fsp3) is 0.556. The normalized spacial score (nSPS) is 15.6. The van der Waals surface area contributed by atoms with Gasteiger partial charge >= 0.3 is 5.97 Å². The Hall–Kier alpha value is -1.26. The molecule has 1 aliphatic rings. The van der Waals surface area contributed by atoms with Crippen LogP contribution < -0.4 is 0 Å². The number of hydrogen-bond donors (Lipinski definition) is 0. The lowest BCUT2D eigenvalue weighted by molar-refractivity contribution is -0.140. The molecule has 0 radical (unpaired) electrons. The van der Waals surface area contributed by atoms with Crippen molar-refractivity contribution in [2.45, 2.75) is 51.0 Å². The van der Waals surface area contributed by atoms with Crippen LogP contribution in [0.2, 0.25) is 10.0 Å². The maximum Gasteiger partial charge on any atom is 0.307 e. The van der Waals surface area contributed by atoms with Crippen LogP contribution in [0.3, 0.4) is 0 Å². The van der Waals surface area contributed by atoms with E-state index in [4.69, 9.17) is 27.9 Å². The fourth-order valence-electron chi connectivity index (χ4n) is 3.13. The molecule has 1 aromatic rings. The molecule has 1 saturated carbocycles. The lowest BCUT2D eigenvalue weighted by Crippen LogP contribution is -2.41. The van der Waals surface area contributed by atoms with E-state index in [1.54, 1.807) is 18.2 Å². The van der Waals surface area contributed by atoms with E-state index in [0.29, 0.717) is 22.2 Å². The van der Waals surface area contributed by atoms with E-state index in [2.05, 4.69) is 0 Å². The third kappa shape index (κ3) is 5.12. The average Bonchev–Trinajstić information content (AvgIpc) is 2.86. The third-order valence-electron chi connectivity index (χ3n) is 4.48. The Morgan fingerprint density at radius 1 is 1.12 bits per heavy atom. The first-order valence-electron chi connectivity index (χ1n) is 8.35. The van der Waals surface area contributed by atoms with Gasteiger partial charge < -0.3 is 9.64 Å². The van der Waals surface area contributed by atoms with E-state index in [9.17, 15) is 9.59 Å². The van der Waals surface area contributed by atoms with Gasteiger partial charge in [-0.1, -0.05) is 48.9 Å². The summed E-state index contributed by atoms with van der Waals surface area (Å²) in [5, 5.41) is 0.778. The van der Waals surface area contributed by atoms with Gasteiger partial charge in [0.15, 0.2) is 0 Å². The van der Waals surface area contributed by atoms with Crippen molar-refractivity contribution in [3.05, 3.63) is 33.8 Å². The standard InChI is InChI=1S/C18H23Cl2NO3/c1-24-17(22)10-11-21(14-6-4-2-3-5-7-14)18(23)13-8-9-15(19)16(20)12-13/h8-9,12,14H,2-7,10-11H2,1H3. The van der Waals surface area contributed by atoms with Gasteiger partial charge in [0.1, 0.15) is 0 Å². The topological polar surface area (TPSA) is 46.6 Å². The molecular formula is C18H23Cl2NO3. The minimum atomic E-state index is -0.310. The van der Waals surface area contributed by atoms with Gasteiger partial charge in [0.25, 0.3) is 5.91 Å². The Morgan fingerprint density at radius 2 is 1.79 bits per heavy atom. The summed E-state index contributed by atoms with van der Waals surface area (Å²) in [5.74, 6) is -0.417. The van der Waals surface area contributed by atoms with Gasteiger partial charge in [-0.3, -0.25) is 9.59 Å². The highest BCUT2D eigenvalue weighted by Crippen LogP contribution is 2.26. The molecule has 0 N–H and O–H groups in total. The summed E-state index contributed by atoms with van der Waals surface area (Å²) in [6.07, 6.45) is 6.73. The molecule has 0 unspecified atom stereocenters. The van der Waals surface area contributed by atoms with Crippen LogP contribution >= 0.6 is 23.2 Å². The summed E-state index contributed by atoms with van der Waals surface area (Å²) in [7, 11) is 1.36. The minimum Gasteiger partial charge on any atom is -0.469 e. The quantitative estimate of drug-likeness (QED) is 0.555. The van der Waals surface area contributed by atoms with E-state index in [-0.39, 0.29) is 24.3 Å². The van der Waals surface area contributed by atoms with Gasteiger partial charge in [-0.2, -0.15) is 0 Å². The Balaban J connectivity index is 2.20. The van der Waals surface area contributed by atoms with Crippen LogP contribution in [-0.2, 0) is 9.53 Å². The molecule has 1 amide bonds. The van der Waals surface area contributed by atoms with E-state index in [1.807, 2.05) is 4.90 Å². The van der Waals surface area contributed by atoms with E-state index < -0.39 is 0 Å². The van der Waals surface area contributed by atoms with Crippen molar-refractivity contribution in [2.24, 2.45) is 0 Å². The summed E-state index contributed by atoms with van der Waals surface area (Å²) < 4.78 is 4.72. The van der Waals surface area contributed by atoms with Crippen LogP contribution in [0.25, 0.3) is 0 Å². The predicted molar refractivity (Wildman–Crippen MR) is 95.6 cm³/mol. The van der Waals surface area contributed by atoms with Gasteiger partial charge in [0.2, 0.25) is 0 Å². The molecule has 1 aromatic carbocycles. The number of amides is 1. The number of benzene rings is 1. The fourth-order valence-corrected chi connectivity index (χ4v) is 3.43. The van der Waals surface area contributed by atoms with Crippen LogP contribution in [0.15, 0.2) is 18.2 Å². The zero-order chi connectivity index (χ0) is 17.5. The van der Waals surface area contributed by atoms with E-state index >= 15 is 0 Å². The SMILES string of the molecule is COC(=O)CCN(C(=O)c1ccc(Cl)c(Cl)c1)C1CCCCCC1. The number of hydrogen-bond acceptors (Lipinski definition) is 3. The second-order valence-corrected chi connectivity index (χ2v) is 6.91. The number of esters is 1. The molecule has 2 rings (SSSR count). The summed E-state index contributed by atoms with van der Waals surface area (Å²) in [6, 6.07) is 5.05. The van der Waals surface area contributed by atoms with Crippen molar-refractivity contribution < 1.29 is 14.3 Å². The highest BCUT2D eigenvalue weighted by atomic mass is 35.5. The van der Waals surface area contributed by atoms with Crippen LogP contribution in [0, 0.1) is 0 Å². The number of rotatable bonds is 5. The Kier molecular flexibility index (Phi) is 7.38. The zero-order valence-corrected chi connectivity index (χ0v) is 15.4. The van der Waals surface area contributed by atoms with Gasteiger partial charge in [-0.15, -0.1) is 0 Å². The number of carbonyl (C=O) groups excluding carboxylic acids is 2. The maximum absolute atomic E-state index is 13.0. The van der Waals surface area contributed by atoms with Crippen LogP contribution in [0.5, 0.6) is 0 Å². The summed E-state index contributed by atoms with van der Waals surface area (Å²) >= 11 is 12.0. The van der Waals surface area contributed by atoms with Crippen molar-refractivity contribution in [1.29, 1.82) is 0 Å². The predicted octanol–water partition coefficient (Wildman–Crippen LogP) is 4.72. The molecule has 0 aliphatic heterocycles. The molecule has 0 aromatic heterocycles. The lowest BCUT2D eigenvalue weighted by Gasteiger charge is -2.31. The molecule has 0 heterocycles. The van der Waals surface area contributed by atoms with Gasteiger partial charge in [0.05, 0.1) is 23.6 Å². The second kappa shape index (κ2) is 9.28. The van der Waals surface area contributed by atoms with Gasteiger partial charge in [-0.25, -0.2) is 0 Å². The second-order valence-electron chi connectivity index (χ2n) is 6.10. The Labute approximate surface area is 153 Å². The molecule has 132 valence electrons. The maximum atomic E-state index is 13.0. The number of methoxy groups -OCH3 is 1. The number of halogens is 2. The zero-order valence-electron chi connectivity index (χ0n) is 13.9. The first-order valence-corrected chi connectivity index (χ1v) is 9.11. The summed E-state index contributed by atoms with van der Waals surface area (Å²) in [5.41, 5.74) is 0.499. The molecule has 4 nitrogen and oxygen atoms in total. The van der Waals surface area contributed by atoms with Crippen molar-refractivity contribution in [3.8, 4) is 0 Å². The highest BCUT2D eigenvalue weighted by Gasteiger charge is 2.26. The van der Waals surface area contributed by atoms with Crippen LogP contribution in [0.1, 0.15) is 55.3 Å². The molecule has 6 heteroatoms. The molecule has 0 spiro atoms. The van der Waals surface area contributed by atoms with Crippen LogP contribution in [-0.4, -0.2) is 36.5 Å². The van der Waals surface area contributed by atoms with Crippen molar-refractivity contribution in [2.75, 3.05) is 13.7 Å². The number of nitrogens with zero attached hydrogens (tertiary/aromatic N) is 1. The van der Waals surface area contributed by atoms with Crippen molar-refractivity contribution in [3.63, 3.8) is 0 Å². The molecule has 0 saturated heterocycles. The Bertz CT molecular complexity index is 584. The summed E-state index contributed by atoms with van der Waals surface area (Å²) in [4.78, 5) is 26.3. The lowest BCUT2D eigenvalue weighted by atomic mass is 10.0. The largest absolute Gasteiger partial charge is 0.469 e. The smallest absolute Gasteiger partial charge is 0.307 e. The van der Waals surface area contributed by atoms with E-state index in [1.165, 1.54) is 20.0 Å². The summed E-state index contributed by atoms with van der Waals surface area (Å²) in [6.45, 7) is 0.358. The number of ether oxygens (including phenoxy) is 1. The van der Waals surface area contributed by atoms with Gasteiger partial charge in [-0.05, 0) is 31.0 Å². The molecule has 0 bridgehead atoms. The molecule has 1 aliphatic carbocycles. The minimum absolute atomic E-state index is 0.107. The Morgan fingerprint density at radius 3 is 2.38 bits per heavy atom. The van der Waals surface area contributed by atoms with E-state index in [0.717, 1.165) is 25.7 Å². The highest BCUT2D eigenvalue weighted by molar-refractivity contribution is 6.42. The monoisotopic (exact) mass is 371 g/mol. The first-order chi connectivity index (χ1) is 11.5. The first kappa shape index (κ1) is 19.1. The van der Waals surface area contributed by atoms with Gasteiger partial charge in [0, 0.05) is 18.2 Å². The number of carbonyl (C=O) groups is 2. The molecule has 0 atom stereocenters. The third-order valence-corrected chi connectivity index (χ3v) is 5.22. The average molecular weight is 372 g/mol. The van der Waals surface area contributed by atoms with Crippen molar-refractivity contribution in [1.82, 2.24) is 4.90 Å². The molecule has 1 fully saturated rings.